The lowest BCUT2D eigenvalue weighted by Gasteiger charge is -2.32. The first-order valence-corrected chi connectivity index (χ1v) is 19.9. The topological polar surface area (TPSA) is 258 Å². The second-order valence-corrected chi connectivity index (χ2v) is 15.5. The summed E-state index contributed by atoms with van der Waals surface area (Å²) < 4.78 is 53.8. The molecular formula is C35H42N6O9S2. The van der Waals surface area contributed by atoms with Crippen LogP contribution in [0.5, 0.6) is 0 Å². The fourth-order valence-electron chi connectivity index (χ4n) is 6.22. The van der Waals surface area contributed by atoms with Gasteiger partial charge < -0.3 is 26.5 Å². The second-order valence-electron chi connectivity index (χ2n) is 12.5. The summed E-state index contributed by atoms with van der Waals surface area (Å²) in [7, 11) is -7.33. The molecule has 1 amide bonds. The van der Waals surface area contributed by atoms with Gasteiger partial charge in [0, 0.05) is 52.3 Å². The van der Waals surface area contributed by atoms with E-state index in [4.69, 9.17) is 25.6 Å². The molecule has 0 aliphatic heterocycles. The van der Waals surface area contributed by atoms with Crippen LogP contribution in [0.3, 0.4) is 0 Å². The highest BCUT2D eigenvalue weighted by Gasteiger charge is 2.30. The van der Waals surface area contributed by atoms with E-state index >= 15 is 0 Å². The van der Waals surface area contributed by atoms with Crippen molar-refractivity contribution in [1.82, 2.24) is 14.5 Å². The van der Waals surface area contributed by atoms with Crippen molar-refractivity contribution in [1.29, 1.82) is 0 Å². The van der Waals surface area contributed by atoms with Gasteiger partial charge in [-0.25, -0.2) is 4.98 Å². The molecule has 1 saturated carbocycles. The normalized spacial score (nSPS) is 16.6. The van der Waals surface area contributed by atoms with Crippen molar-refractivity contribution in [3.8, 4) is 16.8 Å². The summed E-state index contributed by atoms with van der Waals surface area (Å²) in [6, 6.07) is 17.1. The zero-order valence-corrected chi connectivity index (χ0v) is 30.4. The van der Waals surface area contributed by atoms with Gasteiger partial charge in [0.15, 0.2) is 0 Å². The van der Waals surface area contributed by atoms with Crippen molar-refractivity contribution >= 4 is 59.7 Å². The third-order valence-corrected chi connectivity index (χ3v) is 8.52. The summed E-state index contributed by atoms with van der Waals surface area (Å²) in [6.07, 6.45) is 11.0. The summed E-state index contributed by atoms with van der Waals surface area (Å²) in [5, 5.41) is 15.0. The molecule has 0 spiro atoms. The van der Waals surface area contributed by atoms with Crippen LogP contribution in [0.25, 0.3) is 38.8 Å². The summed E-state index contributed by atoms with van der Waals surface area (Å²) in [5.41, 5.74) is 18.6. The number of rotatable bonds is 8. The molecule has 2 aromatic carbocycles. The number of benzene rings is 2. The first-order valence-electron chi connectivity index (χ1n) is 16.2. The largest absolute Gasteiger partial charge is 0.480 e. The number of carboxylic acids is 1. The number of carboxylic acid groups (broad SMARTS) is 1. The minimum atomic E-state index is -3.67. The predicted octanol–water partition coefficient (Wildman–Crippen LogP) is 4.29. The molecule has 1 aliphatic rings. The maximum Gasteiger partial charge on any atom is 0.320 e. The van der Waals surface area contributed by atoms with E-state index in [9.17, 15) is 31.5 Å². The fourth-order valence-corrected chi connectivity index (χ4v) is 6.22. The number of fused-ring (bicyclic) bond motifs is 2. The molecule has 52 heavy (non-hydrogen) atoms. The number of primary amides is 1. The molecule has 278 valence electrons. The van der Waals surface area contributed by atoms with Gasteiger partial charge in [-0.05, 0) is 85.5 Å². The van der Waals surface area contributed by atoms with Crippen LogP contribution < -0.4 is 16.8 Å². The molecule has 17 heteroatoms. The smallest absolute Gasteiger partial charge is 0.320 e. The van der Waals surface area contributed by atoms with Crippen LogP contribution in [-0.2, 0) is 31.5 Å². The van der Waals surface area contributed by atoms with Crippen LogP contribution in [-0.4, -0.2) is 82.1 Å². The number of aromatic nitrogens is 3. The lowest BCUT2D eigenvalue weighted by molar-refractivity contribution is -0.140. The Balaban J connectivity index is 0.000000536. The maximum absolute atomic E-state index is 12.4. The van der Waals surface area contributed by atoms with Crippen LogP contribution in [0.4, 0.5) is 5.69 Å². The van der Waals surface area contributed by atoms with Gasteiger partial charge in [-0.15, -0.1) is 0 Å². The van der Waals surface area contributed by atoms with Crippen LogP contribution in [0.1, 0.15) is 48.5 Å². The van der Waals surface area contributed by atoms with E-state index in [0.717, 1.165) is 63.6 Å². The van der Waals surface area contributed by atoms with E-state index in [1.54, 1.807) is 6.07 Å². The average molecular weight is 755 g/mol. The molecule has 1 unspecified atom stereocenters. The van der Waals surface area contributed by atoms with Crippen LogP contribution in [0.2, 0.25) is 0 Å². The Labute approximate surface area is 301 Å². The standard InChI is InChI=1S/C33H34N6O3.2CH4O3S/c1-2-19-18-39(32-29(19)25(13-14-36-32)22-15-21-5-3-4-6-27(21)37-17-22)24-11-12-26(31(35)40)28(16-24)38-23-9-7-20(8-10-23)30(34)33(41)42;2*1-5(2,3)4/h3-6,11-18,20,23,30,38H,2,7-10,34H2,1H3,(H2,35,40)(H,41,42);2*1H3,(H,2,3,4)/t20-,23-,30?;;. The van der Waals surface area contributed by atoms with Crippen molar-refractivity contribution in [2.75, 3.05) is 17.8 Å². The number of para-hydroxylation sites is 1. The lowest BCUT2D eigenvalue weighted by Crippen LogP contribution is -2.41. The van der Waals surface area contributed by atoms with Gasteiger partial charge in [-0.1, -0.05) is 25.1 Å². The third-order valence-electron chi connectivity index (χ3n) is 8.52. The minimum Gasteiger partial charge on any atom is -0.480 e. The van der Waals surface area contributed by atoms with Crippen molar-refractivity contribution in [2.24, 2.45) is 17.4 Å². The summed E-state index contributed by atoms with van der Waals surface area (Å²) in [6.45, 7) is 2.13. The highest BCUT2D eigenvalue weighted by molar-refractivity contribution is 7.85. The molecular weight excluding hydrogens is 713 g/mol. The Hall–Kier alpha value is -4.94. The summed E-state index contributed by atoms with van der Waals surface area (Å²) in [5.74, 6) is -1.53. The number of pyridine rings is 2. The number of carbonyl (C=O) groups excluding carboxylic acids is 1. The Morgan fingerprint density at radius 2 is 1.60 bits per heavy atom. The van der Waals surface area contributed by atoms with Gasteiger partial charge in [-0.3, -0.25) is 23.7 Å². The zero-order valence-electron chi connectivity index (χ0n) is 28.8. The SMILES string of the molecule is CCc1cn(-c2ccc(C(N)=O)c(N[C@H]3CC[C@H](C(N)C(=O)O)CC3)c2)c2nccc(-c3cnc4ccccc4c3)c12.CS(=O)(=O)O.CS(=O)(=O)O. The number of nitrogens with zero attached hydrogens (tertiary/aromatic N) is 3. The van der Waals surface area contributed by atoms with Crippen LogP contribution >= 0.6 is 0 Å². The molecule has 1 atom stereocenters. The molecule has 15 nitrogen and oxygen atoms in total. The van der Waals surface area contributed by atoms with Crippen molar-refractivity contribution in [3.05, 3.63) is 84.3 Å². The molecule has 0 radical (unpaired) electrons. The van der Waals surface area contributed by atoms with E-state index in [0.29, 0.717) is 36.6 Å². The molecule has 8 N–H and O–H groups in total. The number of carbonyl (C=O) groups is 2. The second kappa shape index (κ2) is 16.6. The van der Waals surface area contributed by atoms with Gasteiger partial charge in [-0.2, -0.15) is 16.8 Å². The summed E-state index contributed by atoms with van der Waals surface area (Å²) >= 11 is 0. The molecule has 5 aromatic rings. The molecule has 0 saturated heterocycles. The molecule has 1 aliphatic carbocycles. The molecule has 0 bridgehead atoms. The number of aliphatic carboxylic acids is 1. The Morgan fingerprint density at radius 3 is 2.19 bits per heavy atom. The van der Waals surface area contributed by atoms with E-state index in [-0.39, 0.29) is 12.0 Å². The first kappa shape index (κ1) is 39.8. The maximum atomic E-state index is 12.4. The van der Waals surface area contributed by atoms with Crippen molar-refractivity contribution in [2.45, 2.75) is 51.1 Å². The van der Waals surface area contributed by atoms with E-state index < -0.39 is 38.2 Å². The van der Waals surface area contributed by atoms with Gasteiger partial charge >= 0.3 is 5.97 Å². The lowest BCUT2D eigenvalue weighted by atomic mass is 9.81. The number of aryl methyl sites for hydroxylation is 1. The Kier molecular flexibility index (Phi) is 12.7. The highest BCUT2D eigenvalue weighted by Crippen LogP contribution is 2.35. The number of hydrogen-bond donors (Lipinski definition) is 6. The van der Waals surface area contributed by atoms with Crippen molar-refractivity contribution < 1.29 is 40.6 Å². The molecule has 3 heterocycles. The number of hydrogen-bond acceptors (Lipinski definition) is 10. The predicted molar refractivity (Wildman–Crippen MR) is 200 cm³/mol. The first-order chi connectivity index (χ1) is 24.3. The minimum absolute atomic E-state index is 0.0562. The van der Waals surface area contributed by atoms with Crippen LogP contribution in [0.15, 0.2) is 73.2 Å². The van der Waals surface area contributed by atoms with E-state index in [2.05, 4.69) is 40.1 Å². The number of nitrogens with one attached hydrogen (secondary N) is 1. The number of amides is 1. The van der Waals surface area contributed by atoms with Gasteiger partial charge in [0.25, 0.3) is 26.1 Å². The van der Waals surface area contributed by atoms with E-state index in [1.165, 1.54) is 0 Å². The Bertz CT molecular complexity index is 2260. The Morgan fingerprint density at radius 1 is 0.962 bits per heavy atom. The van der Waals surface area contributed by atoms with Crippen LogP contribution in [0, 0.1) is 5.92 Å². The molecule has 6 rings (SSSR count). The third kappa shape index (κ3) is 10.8. The van der Waals surface area contributed by atoms with E-state index in [1.807, 2.05) is 48.8 Å². The van der Waals surface area contributed by atoms with Gasteiger partial charge in [0.1, 0.15) is 11.7 Å². The highest BCUT2D eigenvalue weighted by atomic mass is 32.2. The monoisotopic (exact) mass is 754 g/mol. The zero-order chi connectivity index (χ0) is 38.4. The average Bonchev–Trinajstić information content (AvgIpc) is 3.45. The fraction of sp³-hybridized carbons (Fsp3) is 0.314. The molecule has 3 aromatic heterocycles. The number of anilines is 1. The number of nitrogens with two attached hydrogens (primary N) is 2. The van der Waals surface area contributed by atoms with Gasteiger partial charge in [0.2, 0.25) is 0 Å². The quantitative estimate of drug-likeness (QED) is 0.121. The summed E-state index contributed by atoms with van der Waals surface area (Å²) in [4.78, 5) is 33.2. The van der Waals surface area contributed by atoms with Gasteiger partial charge in [0.05, 0.1) is 23.6 Å². The van der Waals surface area contributed by atoms with Crippen molar-refractivity contribution in [3.63, 3.8) is 0 Å². The molecule has 1 fully saturated rings.